The number of fused-ring (bicyclic) bond motifs is 22. The van der Waals surface area contributed by atoms with Gasteiger partial charge < -0.3 is 94.0 Å². The minimum absolute atomic E-state index is 0.0150. The van der Waals surface area contributed by atoms with Crippen molar-refractivity contribution in [1.29, 1.82) is 0 Å². The molecule has 7 fully saturated rings. The van der Waals surface area contributed by atoms with E-state index in [-0.39, 0.29) is 77.3 Å². The quantitative estimate of drug-likeness (QED) is 0.132. The number of aliphatic hydroxyl groups is 3. The molecule has 3 aromatic carbocycles. The Labute approximate surface area is 454 Å². The summed E-state index contributed by atoms with van der Waals surface area (Å²) in [6.45, 7) is 8.45. The fourth-order valence-corrected chi connectivity index (χ4v) is 15.7. The first-order valence-corrected chi connectivity index (χ1v) is 27.8. The van der Waals surface area contributed by atoms with Crippen molar-refractivity contribution in [2.24, 2.45) is 5.92 Å². The molecule has 430 valence electrons. The topological polar surface area (TPSA) is 389 Å². The summed E-state index contributed by atoms with van der Waals surface area (Å²) in [5, 5.41) is 70.3. The predicted molar refractivity (Wildman–Crippen MR) is 256 cm³/mol. The van der Waals surface area contributed by atoms with Crippen LogP contribution in [0.1, 0.15) is 100 Å². The van der Waals surface area contributed by atoms with Crippen LogP contribution >= 0.6 is 0 Å². The van der Waals surface area contributed by atoms with Crippen molar-refractivity contribution in [3.63, 3.8) is 0 Å². The van der Waals surface area contributed by atoms with E-state index >= 15 is 0 Å². The van der Waals surface area contributed by atoms with Crippen LogP contribution in [-0.2, 0) is 57.4 Å². The molecule has 0 spiro atoms. The number of carbonyl (C=O) groups excluding carboxylic acids is 3. The predicted octanol–water partition coefficient (Wildman–Crippen LogP) is -0.859. The first-order chi connectivity index (χ1) is 37.9. The van der Waals surface area contributed by atoms with E-state index in [1.807, 2.05) is 0 Å². The number of phenolic OH excluding ortho intramolecular Hbond substituents is 3. The molecule has 0 radical (unpaired) electrons. The average Bonchev–Trinajstić information content (AvgIpc) is 4.45. The Morgan fingerprint density at radius 3 is 1.36 bits per heavy atom. The van der Waals surface area contributed by atoms with Crippen molar-refractivity contribution in [2.75, 3.05) is 20.4 Å². The van der Waals surface area contributed by atoms with E-state index < -0.39 is 160 Å². The number of ether oxygens (including phenoxy) is 10. The van der Waals surface area contributed by atoms with Crippen molar-refractivity contribution in [2.45, 2.75) is 149 Å². The normalized spacial score (nSPS) is 39.9. The molecular weight excluding hydrogens is 1110 g/mol. The maximum atomic E-state index is 12.9. The first-order valence-electron chi connectivity index (χ1n) is 25.4. The van der Waals surface area contributed by atoms with Gasteiger partial charge in [-0.3, -0.25) is 22.7 Å². The molecule has 10 heterocycles. The Morgan fingerprint density at radius 2 is 0.887 bits per heavy atom. The minimum atomic E-state index is -4.26. The largest absolute Gasteiger partial charge is 0.504 e. The monoisotopic (exact) mass is 1160 g/mol. The second-order valence-corrected chi connectivity index (χ2v) is 24.2. The van der Waals surface area contributed by atoms with Gasteiger partial charge in [0.15, 0.2) is 46.1 Å². The molecular formula is C49H51N3O26S2. The number of benzene rings is 3. The summed E-state index contributed by atoms with van der Waals surface area (Å²) in [6, 6.07) is 2.88. The van der Waals surface area contributed by atoms with Gasteiger partial charge in [0.25, 0.3) is 17.7 Å². The van der Waals surface area contributed by atoms with Gasteiger partial charge in [0.2, 0.25) is 37.6 Å². The summed E-state index contributed by atoms with van der Waals surface area (Å²) >= 11 is -1.95. The van der Waals surface area contributed by atoms with Crippen LogP contribution in [0.15, 0.2) is 18.2 Å². The Balaban J connectivity index is 0.000000109. The van der Waals surface area contributed by atoms with Crippen molar-refractivity contribution in [3.8, 4) is 51.7 Å². The van der Waals surface area contributed by atoms with Crippen LogP contribution in [0.3, 0.4) is 0 Å². The van der Waals surface area contributed by atoms with Crippen molar-refractivity contribution < 1.29 is 122 Å². The van der Waals surface area contributed by atoms with Crippen LogP contribution < -0.4 is 44.4 Å². The standard InChI is InChI=1S/C17H17NO10S.C17H17NO9S.C15H17NO7/c1-17(2)25-13-9-7(12-15(14(13)26-17)28-29(21,22)27-12)5-3-6-11(24-4-23-6)10(19)8(5)16(20)18-9;1-17(2)24-13-9-7(12-15(14(13)25-17)27-28(21)26-12)5-3-6-11(23-4-22-6)10(19)8(5)16(20)18-9;1-4-7-5-2-6-14(23-3-22-6)11(18)8(5)15(21)16-9(7)12(19)13(20)10(4)17/h3,7,9,12-15,19H,4H2,1-2H3,(H,18,20);3,7,9,12-15,19H,4H2,1-2H3,(H,18,20);2,4,7,9-10,12-13,17-20H,3H2,1H3,(H,16,21)/t7-,9-,12?,13+,14+,15+;7-,9-,12?,13+,14+,15+,28?;4-,7-,9-,10+,12+,13-/m111/s1. The summed E-state index contributed by atoms with van der Waals surface area (Å²) in [5.74, 6) is -5.30. The molecule has 31 heteroatoms. The fraction of sp³-hybridized carbons (Fsp3) is 0.571. The second-order valence-electron chi connectivity index (χ2n) is 22.2. The Bertz CT molecular complexity index is 3360. The molecule has 80 heavy (non-hydrogen) atoms. The number of phenols is 3. The van der Waals surface area contributed by atoms with E-state index in [0.717, 1.165) is 0 Å². The molecule has 13 aliphatic rings. The van der Waals surface area contributed by atoms with Gasteiger partial charge >= 0.3 is 21.8 Å². The molecule has 3 unspecified atom stereocenters. The SMILES string of the molecule is CC1(C)O[C@H]2[C@@H]3NC(=O)c4c(cc5c(c4O)OCO5)[C@H]3C3OS(=O)(=O)O[C@@H]3[C@H]2O1.CC1(C)O[C@H]2[C@@H]3NC(=O)c4c(cc5c(c4O)OCO5)[C@H]3C3OS(=O)O[C@@H]3[C@H]2O1.C[C@H]1[C@H](O)[C@@H](O)[C@@H](O)[C@@H]2NC(=O)c3c(cc4c(c3O)OCO4)[C@@H]12. The van der Waals surface area contributed by atoms with Gasteiger partial charge in [0.05, 0.1) is 40.9 Å². The number of carbonyl (C=O) groups is 3. The number of rotatable bonds is 0. The maximum Gasteiger partial charge on any atom is 0.400 e. The molecule has 0 bridgehead atoms. The molecule has 0 aromatic heterocycles. The molecule has 4 saturated heterocycles. The zero-order valence-corrected chi connectivity index (χ0v) is 44.0. The molecule has 10 aliphatic heterocycles. The van der Waals surface area contributed by atoms with E-state index in [1.165, 1.54) is 0 Å². The highest BCUT2D eigenvalue weighted by atomic mass is 32.3. The summed E-state index contributed by atoms with van der Waals surface area (Å²) in [6.07, 6.45) is -9.62. The van der Waals surface area contributed by atoms with Crippen molar-refractivity contribution in [3.05, 3.63) is 51.6 Å². The number of hydrogen-bond donors (Lipinski definition) is 9. The maximum absolute atomic E-state index is 12.9. The third-order valence-electron chi connectivity index (χ3n) is 16.9. The molecule has 3 aromatic rings. The van der Waals surface area contributed by atoms with Crippen LogP contribution in [0.5, 0.6) is 51.7 Å². The Morgan fingerprint density at radius 1 is 0.500 bits per heavy atom. The van der Waals surface area contributed by atoms with Crippen LogP contribution in [-0.4, -0.2) is 178 Å². The van der Waals surface area contributed by atoms with E-state index in [1.54, 1.807) is 52.8 Å². The third-order valence-corrected chi connectivity index (χ3v) is 18.5. The molecule has 9 N–H and O–H groups in total. The van der Waals surface area contributed by atoms with Gasteiger partial charge in [-0.25, -0.2) is 8.37 Å². The number of aliphatic hydroxyl groups excluding tert-OH is 3. The Kier molecular flexibility index (Phi) is 11.5. The highest BCUT2D eigenvalue weighted by Crippen LogP contribution is 2.57. The highest BCUT2D eigenvalue weighted by Gasteiger charge is 2.67. The van der Waals surface area contributed by atoms with E-state index in [0.29, 0.717) is 28.2 Å². The zero-order valence-electron chi connectivity index (χ0n) is 42.4. The lowest BCUT2D eigenvalue weighted by Gasteiger charge is -2.48. The van der Waals surface area contributed by atoms with Crippen molar-refractivity contribution >= 4 is 39.5 Å². The molecule has 16 rings (SSSR count). The van der Waals surface area contributed by atoms with E-state index in [4.69, 9.17) is 64.1 Å². The van der Waals surface area contributed by atoms with Gasteiger partial charge in [0, 0.05) is 17.8 Å². The molecule has 19 atom stereocenters. The minimum Gasteiger partial charge on any atom is -0.504 e. The lowest BCUT2D eigenvalue weighted by atomic mass is 9.66. The Hall–Kier alpha value is -6.07. The molecule has 3 aliphatic carbocycles. The lowest BCUT2D eigenvalue weighted by Crippen LogP contribution is -2.64. The third kappa shape index (κ3) is 7.62. The van der Waals surface area contributed by atoms with E-state index in [9.17, 15) is 57.6 Å². The summed E-state index contributed by atoms with van der Waals surface area (Å²) in [5.41, 5.74) is 1.49. The summed E-state index contributed by atoms with van der Waals surface area (Å²) < 4.78 is 114. The molecule has 29 nitrogen and oxygen atoms in total. The lowest BCUT2D eigenvalue weighted by molar-refractivity contribution is -0.153. The van der Waals surface area contributed by atoms with Gasteiger partial charge in [0.1, 0.15) is 61.0 Å². The van der Waals surface area contributed by atoms with E-state index in [2.05, 4.69) is 16.0 Å². The molecule has 3 amide bonds. The average molecular weight is 1160 g/mol. The smallest absolute Gasteiger partial charge is 0.400 e. The van der Waals surface area contributed by atoms with Gasteiger partial charge in [-0.2, -0.15) is 12.6 Å². The van der Waals surface area contributed by atoms with Crippen molar-refractivity contribution in [1.82, 2.24) is 16.0 Å². The number of hydrogen-bond acceptors (Lipinski definition) is 26. The van der Waals surface area contributed by atoms with Gasteiger partial charge in [-0.1, -0.05) is 6.92 Å². The van der Waals surface area contributed by atoms with Gasteiger partial charge in [-0.15, -0.1) is 0 Å². The molecule has 3 saturated carbocycles. The van der Waals surface area contributed by atoms with Gasteiger partial charge in [-0.05, 0) is 68.5 Å². The number of aromatic hydroxyl groups is 3. The summed E-state index contributed by atoms with van der Waals surface area (Å²) in [7, 11) is -4.26. The zero-order chi connectivity index (χ0) is 56.1. The number of amides is 3. The second kappa shape index (κ2) is 17.7. The van der Waals surface area contributed by atoms with Crippen LogP contribution in [0, 0.1) is 5.92 Å². The van der Waals surface area contributed by atoms with Crippen LogP contribution in [0.2, 0.25) is 0 Å². The van der Waals surface area contributed by atoms with Crippen LogP contribution in [0.4, 0.5) is 0 Å². The highest BCUT2D eigenvalue weighted by molar-refractivity contribution is 7.82. The summed E-state index contributed by atoms with van der Waals surface area (Å²) in [4.78, 5) is 38.1. The number of nitrogens with one attached hydrogen (secondary N) is 3. The fourth-order valence-electron chi connectivity index (χ4n) is 13.8. The first kappa shape index (κ1) is 52.0. The van der Waals surface area contributed by atoms with Crippen LogP contribution in [0.25, 0.3) is 0 Å².